The second kappa shape index (κ2) is 9.70. The van der Waals surface area contributed by atoms with Gasteiger partial charge in [0.15, 0.2) is 11.5 Å². The fourth-order valence-corrected chi connectivity index (χ4v) is 4.16. The summed E-state index contributed by atoms with van der Waals surface area (Å²) in [6.45, 7) is 5.08. The molecule has 5 rings (SSSR count). The number of morpholine rings is 1. The first kappa shape index (κ1) is 22.2. The van der Waals surface area contributed by atoms with Gasteiger partial charge in [0.25, 0.3) is 0 Å². The first-order chi connectivity index (χ1) is 16.7. The number of anilines is 3. The predicted octanol–water partition coefficient (Wildman–Crippen LogP) is 3.02. The second-order valence-corrected chi connectivity index (χ2v) is 8.11. The molecule has 0 saturated carbocycles. The van der Waals surface area contributed by atoms with Crippen molar-refractivity contribution in [1.29, 1.82) is 0 Å². The number of rotatable bonds is 8. The number of hydrogen-bond donors (Lipinski definition) is 2. The number of benzene rings is 2. The molecule has 4 aromatic rings. The van der Waals surface area contributed by atoms with Crippen LogP contribution in [0.15, 0.2) is 36.4 Å². The molecule has 1 aliphatic rings. The molecule has 0 atom stereocenters. The molecule has 0 radical (unpaired) electrons. The molecule has 0 spiro atoms. The van der Waals surface area contributed by atoms with Gasteiger partial charge in [0.1, 0.15) is 5.82 Å². The molecule has 34 heavy (non-hydrogen) atoms. The number of para-hydroxylation sites is 2. The van der Waals surface area contributed by atoms with Gasteiger partial charge in [-0.05, 0) is 18.2 Å². The third kappa shape index (κ3) is 4.42. The maximum absolute atomic E-state index is 5.51. The van der Waals surface area contributed by atoms with Crippen LogP contribution in [0.3, 0.4) is 0 Å². The summed E-state index contributed by atoms with van der Waals surface area (Å²) in [5, 5.41) is 7.64. The monoisotopic (exact) mass is 463 g/mol. The van der Waals surface area contributed by atoms with Crippen molar-refractivity contribution in [2.75, 3.05) is 64.2 Å². The van der Waals surface area contributed by atoms with E-state index < -0.39 is 0 Å². The molecule has 2 N–H and O–H groups in total. The molecular formula is C24H29N7O3. The minimum absolute atomic E-state index is 0.451. The number of nitrogens with zero attached hydrogens (tertiary/aromatic N) is 5. The van der Waals surface area contributed by atoms with E-state index in [2.05, 4.69) is 20.5 Å². The number of aryl methyl sites for hydroxylation is 1. The fraction of sp³-hybridized carbons (Fsp3) is 0.375. The average molecular weight is 464 g/mol. The maximum Gasteiger partial charge on any atom is 0.232 e. The third-order valence-corrected chi connectivity index (χ3v) is 6.04. The quantitative estimate of drug-likeness (QED) is 0.408. The van der Waals surface area contributed by atoms with Crippen molar-refractivity contribution in [3.63, 3.8) is 0 Å². The van der Waals surface area contributed by atoms with Gasteiger partial charge in [0.05, 0.1) is 44.0 Å². The third-order valence-electron chi connectivity index (χ3n) is 6.04. The van der Waals surface area contributed by atoms with Crippen molar-refractivity contribution in [3.8, 4) is 11.5 Å². The summed E-state index contributed by atoms with van der Waals surface area (Å²) in [6.07, 6.45) is 0. The van der Waals surface area contributed by atoms with E-state index in [9.17, 15) is 0 Å². The molecule has 0 amide bonds. The standard InChI is InChI=1S/C24H29N7O3/c1-30-19-7-5-4-6-17(19)27-24(30)29-23-26-18-15-21(33-3)20(32-2)14-16(18)22(28-23)25-8-9-31-10-12-34-13-11-31/h4-7,14-15H,8-13H2,1-3H3,(H2,25,26,27,28,29). The van der Waals surface area contributed by atoms with Gasteiger partial charge in [-0.2, -0.15) is 4.98 Å². The smallest absolute Gasteiger partial charge is 0.232 e. The molecule has 2 aromatic carbocycles. The first-order valence-electron chi connectivity index (χ1n) is 11.3. The second-order valence-electron chi connectivity index (χ2n) is 8.11. The molecule has 1 aliphatic heterocycles. The van der Waals surface area contributed by atoms with Crippen LogP contribution in [-0.4, -0.2) is 78.0 Å². The van der Waals surface area contributed by atoms with Crippen molar-refractivity contribution < 1.29 is 14.2 Å². The number of imidazole rings is 1. The van der Waals surface area contributed by atoms with Gasteiger partial charge < -0.3 is 24.1 Å². The lowest BCUT2D eigenvalue weighted by Gasteiger charge is -2.26. The normalized spacial score (nSPS) is 14.4. The van der Waals surface area contributed by atoms with Crippen molar-refractivity contribution in [2.45, 2.75) is 0 Å². The molecule has 3 heterocycles. The Kier molecular flexibility index (Phi) is 6.33. The molecule has 0 unspecified atom stereocenters. The molecule has 2 aromatic heterocycles. The van der Waals surface area contributed by atoms with E-state index in [1.807, 2.05) is 48.0 Å². The Hall–Kier alpha value is -3.63. The van der Waals surface area contributed by atoms with Crippen LogP contribution in [0.1, 0.15) is 0 Å². The van der Waals surface area contributed by atoms with E-state index in [1.54, 1.807) is 14.2 Å². The Labute approximate surface area is 197 Å². The lowest BCUT2D eigenvalue weighted by molar-refractivity contribution is 0.0398. The van der Waals surface area contributed by atoms with Crippen LogP contribution in [-0.2, 0) is 11.8 Å². The molecule has 10 heteroatoms. The van der Waals surface area contributed by atoms with Gasteiger partial charge in [0, 0.05) is 44.7 Å². The summed E-state index contributed by atoms with van der Waals surface area (Å²) in [4.78, 5) is 16.6. The minimum atomic E-state index is 0.451. The van der Waals surface area contributed by atoms with Crippen molar-refractivity contribution >= 4 is 39.7 Å². The Morgan fingerprint density at radius 1 is 0.971 bits per heavy atom. The van der Waals surface area contributed by atoms with E-state index in [0.29, 0.717) is 23.4 Å². The van der Waals surface area contributed by atoms with E-state index in [4.69, 9.17) is 24.2 Å². The highest BCUT2D eigenvalue weighted by molar-refractivity contribution is 5.93. The van der Waals surface area contributed by atoms with Crippen LogP contribution >= 0.6 is 0 Å². The van der Waals surface area contributed by atoms with Crippen LogP contribution in [0.25, 0.3) is 21.9 Å². The Bertz CT molecular complexity index is 1300. The van der Waals surface area contributed by atoms with Crippen LogP contribution < -0.4 is 20.1 Å². The highest BCUT2D eigenvalue weighted by Gasteiger charge is 2.16. The summed E-state index contributed by atoms with van der Waals surface area (Å²) in [5.74, 6) is 3.08. The molecule has 1 saturated heterocycles. The lowest BCUT2D eigenvalue weighted by atomic mass is 10.2. The molecule has 1 fully saturated rings. The van der Waals surface area contributed by atoms with Crippen LogP contribution in [0.5, 0.6) is 11.5 Å². The summed E-state index contributed by atoms with van der Waals surface area (Å²) in [6, 6.07) is 11.8. The highest BCUT2D eigenvalue weighted by atomic mass is 16.5. The van der Waals surface area contributed by atoms with Crippen molar-refractivity contribution in [2.24, 2.45) is 7.05 Å². The number of fused-ring (bicyclic) bond motifs is 2. The first-order valence-corrected chi connectivity index (χ1v) is 11.3. The Morgan fingerprint density at radius 2 is 1.74 bits per heavy atom. The molecule has 0 bridgehead atoms. The summed E-state index contributed by atoms with van der Waals surface area (Å²) in [5.41, 5.74) is 2.67. The van der Waals surface area contributed by atoms with Crippen LogP contribution in [0.2, 0.25) is 0 Å². The Balaban J connectivity index is 1.48. The summed E-state index contributed by atoms with van der Waals surface area (Å²) >= 11 is 0. The molecule has 0 aliphatic carbocycles. The van der Waals surface area contributed by atoms with E-state index in [0.717, 1.165) is 67.1 Å². The predicted molar refractivity (Wildman–Crippen MR) is 132 cm³/mol. The molecule has 178 valence electrons. The molecular weight excluding hydrogens is 434 g/mol. The number of methoxy groups -OCH3 is 2. The van der Waals surface area contributed by atoms with Gasteiger partial charge >= 0.3 is 0 Å². The number of hydrogen-bond acceptors (Lipinski definition) is 9. The minimum Gasteiger partial charge on any atom is -0.493 e. The van der Waals surface area contributed by atoms with E-state index >= 15 is 0 Å². The topological polar surface area (TPSA) is 98.6 Å². The van der Waals surface area contributed by atoms with Gasteiger partial charge in [-0.1, -0.05) is 12.1 Å². The van der Waals surface area contributed by atoms with Crippen LogP contribution in [0, 0.1) is 0 Å². The van der Waals surface area contributed by atoms with Crippen molar-refractivity contribution in [1.82, 2.24) is 24.4 Å². The van der Waals surface area contributed by atoms with E-state index in [1.165, 1.54) is 0 Å². The SMILES string of the molecule is COc1cc2nc(Nc3nc4ccccc4n3C)nc(NCCN3CCOCC3)c2cc1OC. The van der Waals surface area contributed by atoms with Gasteiger partial charge in [0.2, 0.25) is 11.9 Å². The van der Waals surface area contributed by atoms with Gasteiger partial charge in [-0.25, -0.2) is 9.97 Å². The zero-order valence-corrected chi connectivity index (χ0v) is 19.7. The number of ether oxygens (including phenoxy) is 3. The average Bonchev–Trinajstić information content (AvgIpc) is 3.19. The highest BCUT2D eigenvalue weighted by Crippen LogP contribution is 2.35. The number of aromatic nitrogens is 4. The zero-order chi connectivity index (χ0) is 23.5. The maximum atomic E-state index is 5.51. The largest absolute Gasteiger partial charge is 0.493 e. The lowest BCUT2D eigenvalue weighted by Crippen LogP contribution is -2.39. The summed E-state index contributed by atoms with van der Waals surface area (Å²) in [7, 11) is 5.21. The Morgan fingerprint density at radius 3 is 2.50 bits per heavy atom. The van der Waals surface area contributed by atoms with Gasteiger partial charge in [-0.15, -0.1) is 0 Å². The summed E-state index contributed by atoms with van der Waals surface area (Å²) < 4.78 is 18.5. The molecule has 10 nitrogen and oxygen atoms in total. The zero-order valence-electron chi connectivity index (χ0n) is 19.7. The fourth-order valence-electron chi connectivity index (χ4n) is 4.16. The van der Waals surface area contributed by atoms with Gasteiger partial charge in [-0.3, -0.25) is 10.2 Å². The number of nitrogens with one attached hydrogen (secondary N) is 2. The van der Waals surface area contributed by atoms with Crippen LogP contribution in [0.4, 0.5) is 17.7 Å². The van der Waals surface area contributed by atoms with E-state index in [-0.39, 0.29) is 0 Å². The van der Waals surface area contributed by atoms with Crippen molar-refractivity contribution in [3.05, 3.63) is 36.4 Å².